The molecule has 0 bridgehead atoms. The zero-order chi connectivity index (χ0) is 25.5. The molecule has 36 heavy (non-hydrogen) atoms. The van der Waals surface area contributed by atoms with Crippen LogP contribution in [0.15, 0.2) is 77.0 Å². The Balaban J connectivity index is 1.50. The van der Waals surface area contributed by atoms with Crippen molar-refractivity contribution < 1.29 is 19.4 Å². The van der Waals surface area contributed by atoms with Crippen molar-refractivity contribution in [3.8, 4) is 34.3 Å². The third-order valence-electron chi connectivity index (χ3n) is 5.01. The van der Waals surface area contributed by atoms with Crippen molar-refractivity contribution in [2.24, 2.45) is 5.10 Å². The van der Waals surface area contributed by atoms with Crippen LogP contribution in [0, 0.1) is 0 Å². The van der Waals surface area contributed by atoms with Crippen molar-refractivity contribution in [3.05, 3.63) is 77.3 Å². The molecule has 4 rings (SSSR count). The van der Waals surface area contributed by atoms with E-state index in [0.717, 1.165) is 17.0 Å². The Morgan fingerprint density at radius 1 is 1.08 bits per heavy atom. The molecule has 0 aliphatic rings. The van der Waals surface area contributed by atoms with Gasteiger partial charge in [-0.2, -0.15) is 5.10 Å². The highest BCUT2D eigenvalue weighted by atomic mass is 35.5. The number of thioether (sulfide) groups is 1. The summed E-state index contributed by atoms with van der Waals surface area (Å²) in [6.07, 6.45) is 1.46. The number of nitrogens with one attached hydrogen (secondary N) is 1. The van der Waals surface area contributed by atoms with Crippen LogP contribution in [0.2, 0.25) is 5.02 Å². The minimum absolute atomic E-state index is 0.0221. The Morgan fingerprint density at radius 3 is 2.53 bits per heavy atom. The summed E-state index contributed by atoms with van der Waals surface area (Å²) in [4.78, 5) is 12.4. The van der Waals surface area contributed by atoms with Gasteiger partial charge >= 0.3 is 0 Å². The lowest BCUT2D eigenvalue weighted by Gasteiger charge is -2.11. The van der Waals surface area contributed by atoms with Gasteiger partial charge in [0.25, 0.3) is 5.91 Å². The van der Waals surface area contributed by atoms with E-state index in [1.54, 1.807) is 31.4 Å². The lowest BCUT2D eigenvalue weighted by atomic mass is 10.2. The van der Waals surface area contributed by atoms with Gasteiger partial charge in [0.05, 0.1) is 26.2 Å². The van der Waals surface area contributed by atoms with Crippen molar-refractivity contribution in [1.29, 1.82) is 0 Å². The zero-order valence-electron chi connectivity index (χ0n) is 19.4. The molecule has 3 aromatic carbocycles. The average Bonchev–Trinajstić information content (AvgIpc) is 3.33. The molecule has 4 aromatic rings. The van der Waals surface area contributed by atoms with Gasteiger partial charge in [-0.25, -0.2) is 5.43 Å². The highest BCUT2D eigenvalue weighted by Gasteiger charge is 2.17. The van der Waals surface area contributed by atoms with Crippen LogP contribution in [0.1, 0.15) is 5.56 Å². The predicted molar refractivity (Wildman–Crippen MR) is 139 cm³/mol. The van der Waals surface area contributed by atoms with E-state index in [1.807, 2.05) is 41.0 Å². The highest BCUT2D eigenvalue weighted by Crippen LogP contribution is 2.29. The number of hydrogen-bond donors (Lipinski definition) is 2. The van der Waals surface area contributed by atoms with Crippen molar-refractivity contribution in [3.63, 3.8) is 0 Å². The number of halogens is 1. The van der Waals surface area contributed by atoms with Gasteiger partial charge in [-0.15, -0.1) is 10.2 Å². The maximum absolute atomic E-state index is 12.4. The summed E-state index contributed by atoms with van der Waals surface area (Å²) in [5.74, 6) is 1.42. The van der Waals surface area contributed by atoms with Gasteiger partial charge in [0.2, 0.25) is 0 Å². The van der Waals surface area contributed by atoms with Crippen molar-refractivity contribution in [1.82, 2.24) is 20.2 Å². The maximum atomic E-state index is 12.4. The first-order valence-electron chi connectivity index (χ1n) is 10.7. The number of phenols is 1. The van der Waals surface area contributed by atoms with Crippen LogP contribution in [0.25, 0.3) is 17.1 Å². The molecule has 184 valence electrons. The third kappa shape index (κ3) is 5.96. The monoisotopic (exact) mass is 523 g/mol. The minimum atomic E-state index is -0.321. The molecule has 1 amide bonds. The van der Waals surface area contributed by atoms with Crippen LogP contribution in [0.5, 0.6) is 17.2 Å². The smallest absolute Gasteiger partial charge is 0.250 e. The first kappa shape index (κ1) is 25.1. The van der Waals surface area contributed by atoms with Crippen LogP contribution in [-0.2, 0) is 4.79 Å². The molecule has 1 heterocycles. The lowest BCUT2D eigenvalue weighted by Crippen LogP contribution is -2.20. The molecule has 0 spiro atoms. The molecule has 9 nitrogen and oxygen atoms in total. The second-order valence-electron chi connectivity index (χ2n) is 7.36. The molecule has 0 fully saturated rings. The van der Waals surface area contributed by atoms with Gasteiger partial charge < -0.3 is 14.6 Å². The molecule has 0 saturated heterocycles. The van der Waals surface area contributed by atoms with E-state index in [9.17, 15) is 9.90 Å². The Bertz CT molecular complexity index is 1370. The summed E-state index contributed by atoms with van der Waals surface area (Å²) in [6.45, 7) is 0. The number of hydrogen-bond acceptors (Lipinski definition) is 8. The molecule has 0 aliphatic heterocycles. The number of benzene rings is 3. The minimum Gasteiger partial charge on any atom is -0.504 e. The molecule has 0 aliphatic carbocycles. The average molecular weight is 524 g/mol. The SMILES string of the molecule is COc1ccc(-c2nnc(SCC(=O)N/N=C/c3ccc(O)c(OC)c3)n2-c2ccc(Cl)cc2)cc1. The van der Waals surface area contributed by atoms with Crippen LogP contribution in [0.3, 0.4) is 0 Å². The number of hydrazone groups is 1. The van der Waals surface area contributed by atoms with E-state index < -0.39 is 0 Å². The number of phenolic OH excluding ortho intramolecular Hbond substituents is 1. The molecule has 1 aromatic heterocycles. The molecule has 0 radical (unpaired) electrons. The normalized spacial score (nSPS) is 11.0. The second-order valence-corrected chi connectivity index (χ2v) is 8.74. The van der Waals surface area contributed by atoms with E-state index in [-0.39, 0.29) is 17.4 Å². The maximum Gasteiger partial charge on any atom is 0.250 e. The number of ether oxygens (including phenoxy) is 2. The summed E-state index contributed by atoms with van der Waals surface area (Å²) in [5, 5.41) is 23.5. The first-order valence-corrected chi connectivity index (χ1v) is 12.0. The number of amides is 1. The van der Waals surface area contributed by atoms with E-state index in [1.165, 1.54) is 31.2 Å². The molecular weight excluding hydrogens is 502 g/mol. The topological polar surface area (TPSA) is 111 Å². The zero-order valence-corrected chi connectivity index (χ0v) is 21.0. The fraction of sp³-hybridized carbons (Fsp3) is 0.120. The van der Waals surface area contributed by atoms with Crippen LogP contribution in [-0.4, -0.2) is 52.0 Å². The largest absolute Gasteiger partial charge is 0.504 e. The molecule has 11 heteroatoms. The first-order chi connectivity index (χ1) is 17.5. The van der Waals surface area contributed by atoms with Crippen LogP contribution < -0.4 is 14.9 Å². The Labute approximate surface area is 216 Å². The van der Waals surface area contributed by atoms with E-state index >= 15 is 0 Å². The quantitative estimate of drug-likeness (QED) is 0.188. The summed E-state index contributed by atoms with van der Waals surface area (Å²) < 4.78 is 12.2. The number of aromatic hydroxyl groups is 1. The van der Waals surface area contributed by atoms with Crippen molar-refractivity contribution >= 4 is 35.5 Å². The fourth-order valence-corrected chi connectivity index (χ4v) is 4.10. The Kier molecular flexibility index (Phi) is 8.09. The number of rotatable bonds is 9. The van der Waals surface area contributed by atoms with Gasteiger partial charge in [-0.3, -0.25) is 9.36 Å². The van der Waals surface area contributed by atoms with Crippen molar-refractivity contribution in [2.45, 2.75) is 5.16 Å². The third-order valence-corrected chi connectivity index (χ3v) is 6.19. The van der Waals surface area contributed by atoms with Gasteiger partial charge in [0.1, 0.15) is 5.75 Å². The van der Waals surface area contributed by atoms with Crippen molar-refractivity contribution in [2.75, 3.05) is 20.0 Å². The van der Waals surface area contributed by atoms with E-state index in [0.29, 0.717) is 27.3 Å². The molecule has 0 unspecified atom stereocenters. The van der Waals surface area contributed by atoms with Crippen LogP contribution in [0.4, 0.5) is 0 Å². The number of aromatic nitrogens is 3. The van der Waals surface area contributed by atoms with Gasteiger partial charge in [-0.05, 0) is 72.3 Å². The van der Waals surface area contributed by atoms with E-state index in [2.05, 4.69) is 20.7 Å². The van der Waals surface area contributed by atoms with E-state index in [4.69, 9.17) is 21.1 Å². The molecule has 0 saturated carbocycles. The Morgan fingerprint density at radius 2 is 1.83 bits per heavy atom. The summed E-state index contributed by atoms with van der Waals surface area (Å²) in [7, 11) is 3.06. The highest BCUT2D eigenvalue weighted by molar-refractivity contribution is 7.99. The van der Waals surface area contributed by atoms with Crippen LogP contribution >= 0.6 is 23.4 Å². The lowest BCUT2D eigenvalue weighted by molar-refractivity contribution is -0.118. The molecule has 0 atom stereocenters. The van der Waals surface area contributed by atoms with Gasteiger partial charge in [-0.1, -0.05) is 23.4 Å². The Hall–Kier alpha value is -4.02. The number of carbonyl (C=O) groups excluding carboxylic acids is 1. The summed E-state index contributed by atoms with van der Waals surface area (Å²) in [5.41, 5.74) is 4.79. The van der Waals surface area contributed by atoms with Gasteiger partial charge in [0, 0.05) is 16.3 Å². The summed E-state index contributed by atoms with van der Waals surface area (Å²) in [6, 6.07) is 19.5. The summed E-state index contributed by atoms with van der Waals surface area (Å²) >= 11 is 7.30. The molecule has 2 N–H and O–H groups in total. The second kappa shape index (κ2) is 11.6. The number of nitrogens with zero attached hydrogens (tertiary/aromatic N) is 4. The van der Waals surface area contributed by atoms with Gasteiger partial charge in [0.15, 0.2) is 22.5 Å². The fourth-order valence-electron chi connectivity index (χ4n) is 3.23. The standard InChI is InChI=1S/C25H22ClN5O4S/c1-34-20-10-4-17(5-11-20)24-29-30-25(31(24)19-8-6-18(26)7-9-19)36-15-23(33)28-27-14-16-3-12-21(32)22(13-16)35-2/h3-14,32H,15H2,1-2H3,(H,28,33)/b27-14+. The molecular formula is C25H22ClN5O4S. The number of carbonyl (C=O) groups is 1. The predicted octanol–water partition coefficient (Wildman–Crippen LogP) is 4.55. The number of methoxy groups -OCH3 is 2.